The van der Waals surface area contributed by atoms with Gasteiger partial charge < -0.3 is 15.2 Å². The second-order valence-corrected chi connectivity index (χ2v) is 8.05. The minimum Gasteiger partial charge on any atom is -0.497 e. The van der Waals surface area contributed by atoms with E-state index in [1.807, 2.05) is 31.2 Å². The number of anilines is 1. The third-order valence-electron chi connectivity index (χ3n) is 5.39. The standard InChI is InChI=1S/C21H31N3O2/c1-15-7-9-24(16(2)10-15)14-21(3,25)13-23-19-12-18(26-4)11-17-6-5-8-22-20(17)19/h5-6,8,11-12,15-16,23,25H,7,9-10,13-14H2,1-4H3/t15-,16-,21+/m0/s1. The Kier molecular flexibility index (Phi) is 5.68. The number of nitrogens with one attached hydrogen (secondary N) is 1. The number of rotatable bonds is 6. The molecule has 3 atom stereocenters. The van der Waals surface area contributed by atoms with E-state index >= 15 is 0 Å². The summed E-state index contributed by atoms with van der Waals surface area (Å²) in [5.74, 6) is 1.56. The Morgan fingerprint density at radius 3 is 2.92 bits per heavy atom. The first-order valence-electron chi connectivity index (χ1n) is 9.51. The van der Waals surface area contributed by atoms with Crippen LogP contribution in [0.3, 0.4) is 0 Å². The van der Waals surface area contributed by atoms with E-state index in [9.17, 15) is 5.11 Å². The molecule has 0 unspecified atom stereocenters. The van der Waals surface area contributed by atoms with E-state index in [0.717, 1.165) is 34.8 Å². The molecule has 142 valence electrons. The Morgan fingerprint density at radius 2 is 2.19 bits per heavy atom. The van der Waals surface area contributed by atoms with Gasteiger partial charge in [0.25, 0.3) is 0 Å². The lowest BCUT2D eigenvalue weighted by molar-refractivity contribution is 0.00269. The van der Waals surface area contributed by atoms with Crippen molar-refractivity contribution in [2.75, 3.05) is 32.1 Å². The van der Waals surface area contributed by atoms with Crippen molar-refractivity contribution >= 4 is 16.6 Å². The number of hydrogen-bond donors (Lipinski definition) is 2. The van der Waals surface area contributed by atoms with Crippen molar-refractivity contribution in [3.8, 4) is 5.75 Å². The summed E-state index contributed by atoms with van der Waals surface area (Å²) >= 11 is 0. The van der Waals surface area contributed by atoms with Crippen molar-refractivity contribution in [3.63, 3.8) is 0 Å². The van der Waals surface area contributed by atoms with Crippen LogP contribution in [0.4, 0.5) is 5.69 Å². The molecule has 0 amide bonds. The maximum absolute atomic E-state index is 11.0. The summed E-state index contributed by atoms with van der Waals surface area (Å²) in [6.07, 6.45) is 4.20. The summed E-state index contributed by atoms with van der Waals surface area (Å²) in [6.45, 7) is 8.67. The molecule has 1 saturated heterocycles. The smallest absolute Gasteiger partial charge is 0.121 e. The van der Waals surface area contributed by atoms with Crippen LogP contribution < -0.4 is 10.1 Å². The molecule has 1 aromatic heterocycles. The van der Waals surface area contributed by atoms with Crippen LogP contribution in [0, 0.1) is 5.92 Å². The van der Waals surface area contributed by atoms with Crippen LogP contribution in [0.15, 0.2) is 30.5 Å². The number of aliphatic hydroxyl groups is 1. The van der Waals surface area contributed by atoms with Gasteiger partial charge in [-0.25, -0.2) is 0 Å². The van der Waals surface area contributed by atoms with Crippen molar-refractivity contribution in [1.29, 1.82) is 0 Å². The number of pyridine rings is 1. The molecule has 1 aliphatic heterocycles. The average molecular weight is 357 g/mol. The topological polar surface area (TPSA) is 57.6 Å². The number of methoxy groups -OCH3 is 1. The van der Waals surface area contributed by atoms with Crippen LogP contribution in [0.5, 0.6) is 5.75 Å². The van der Waals surface area contributed by atoms with Crippen LogP contribution in [-0.4, -0.2) is 53.4 Å². The normalized spacial score (nSPS) is 23.6. The fourth-order valence-corrected chi connectivity index (χ4v) is 3.89. The summed E-state index contributed by atoms with van der Waals surface area (Å²) in [7, 11) is 1.66. The number of aromatic nitrogens is 1. The van der Waals surface area contributed by atoms with Crippen LogP contribution >= 0.6 is 0 Å². The van der Waals surface area contributed by atoms with E-state index < -0.39 is 5.60 Å². The molecule has 0 bridgehead atoms. The Morgan fingerprint density at radius 1 is 1.38 bits per heavy atom. The van der Waals surface area contributed by atoms with Gasteiger partial charge in [-0.15, -0.1) is 0 Å². The van der Waals surface area contributed by atoms with Gasteiger partial charge in [-0.3, -0.25) is 9.88 Å². The van der Waals surface area contributed by atoms with Gasteiger partial charge in [0, 0.05) is 36.8 Å². The third-order valence-corrected chi connectivity index (χ3v) is 5.39. The van der Waals surface area contributed by atoms with Crippen molar-refractivity contribution in [2.24, 2.45) is 5.92 Å². The highest BCUT2D eigenvalue weighted by Crippen LogP contribution is 2.29. The molecule has 1 aromatic carbocycles. The van der Waals surface area contributed by atoms with E-state index in [2.05, 4.69) is 29.0 Å². The van der Waals surface area contributed by atoms with Gasteiger partial charge in [-0.05, 0) is 51.3 Å². The fourth-order valence-electron chi connectivity index (χ4n) is 3.89. The monoisotopic (exact) mass is 357 g/mol. The number of ether oxygens (including phenoxy) is 1. The highest BCUT2D eigenvalue weighted by molar-refractivity contribution is 5.91. The van der Waals surface area contributed by atoms with E-state index in [1.165, 1.54) is 12.8 Å². The second kappa shape index (κ2) is 7.80. The summed E-state index contributed by atoms with van der Waals surface area (Å²) in [4.78, 5) is 6.89. The lowest BCUT2D eigenvalue weighted by atomic mass is 9.92. The Balaban J connectivity index is 1.70. The van der Waals surface area contributed by atoms with Gasteiger partial charge in [0.15, 0.2) is 0 Å². The van der Waals surface area contributed by atoms with E-state index in [-0.39, 0.29) is 0 Å². The van der Waals surface area contributed by atoms with E-state index in [4.69, 9.17) is 4.74 Å². The highest BCUT2D eigenvalue weighted by atomic mass is 16.5. The molecule has 3 rings (SSSR count). The van der Waals surface area contributed by atoms with Gasteiger partial charge in [-0.1, -0.05) is 13.0 Å². The van der Waals surface area contributed by atoms with Gasteiger partial charge in [0.1, 0.15) is 5.75 Å². The molecular formula is C21H31N3O2. The number of β-amino-alcohol motifs (C(OH)–C–C–N with tert-alkyl or cyclic N) is 1. The van der Waals surface area contributed by atoms with Crippen molar-refractivity contribution in [2.45, 2.75) is 45.3 Å². The van der Waals surface area contributed by atoms with Crippen molar-refractivity contribution in [3.05, 3.63) is 30.5 Å². The molecule has 1 aliphatic rings. The van der Waals surface area contributed by atoms with Crippen LogP contribution in [0.25, 0.3) is 10.9 Å². The first kappa shape index (κ1) is 18.9. The molecule has 2 N–H and O–H groups in total. The molecule has 0 spiro atoms. The minimum absolute atomic E-state index is 0.463. The van der Waals surface area contributed by atoms with Crippen molar-refractivity contribution < 1.29 is 9.84 Å². The first-order chi connectivity index (χ1) is 12.4. The lowest BCUT2D eigenvalue weighted by Crippen LogP contribution is -2.51. The van der Waals surface area contributed by atoms with Crippen LogP contribution in [0.1, 0.15) is 33.6 Å². The molecule has 0 saturated carbocycles. The highest BCUT2D eigenvalue weighted by Gasteiger charge is 2.30. The average Bonchev–Trinajstić information content (AvgIpc) is 2.62. The van der Waals surface area contributed by atoms with E-state index in [1.54, 1.807) is 13.3 Å². The number of nitrogens with zero attached hydrogens (tertiary/aromatic N) is 2. The predicted octanol–water partition coefficient (Wildman–Crippen LogP) is 3.53. The van der Waals surface area contributed by atoms with E-state index in [0.29, 0.717) is 19.1 Å². The summed E-state index contributed by atoms with van der Waals surface area (Å²) in [5.41, 5.74) is 0.962. The molecule has 2 heterocycles. The van der Waals surface area contributed by atoms with Gasteiger partial charge >= 0.3 is 0 Å². The predicted molar refractivity (Wildman–Crippen MR) is 107 cm³/mol. The molecule has 0 radical (unpaired) electrons. The van der Waals surface area contributed by atoms with Crippen LogP contribution in [0.2, 0.25) is 0 Å². The molecule has 1 fully saturated rings. The largest absolute Gasteiger partial charge is 0.497 e. The number of fused-ring (bicyclic) bond motifs is 1. The van der Waals surface area contributed by atoms with Gasteiger partial charge in [-0.2, -0.15) is 0 Å². The van der Waals surface area contributed by atoms with Crippen LogP contribution in [-0.2, 0) is 0 Å². The first-order valence-corrected chi connectivity index (χ1v) is 9.51. The Bertz CT molecular complexity index is 747. The Hall–Kier alpha value is -1.85. The van der Waals surface area contributed by atoms with Gasteiger partial charge in [0.05, 0.1) is 23.9 Å². The summed E-state index contributed by atoms with van der Waals surface area (Å²) in [6, 6.07) is 8.37. The maximum Gasteiger partial charge on any atom is 0.121 e. The second-order valence-electron chi connectivity index (χ2n) is 8.05. The fraction of sp³-hybridized carbons (Fsp3) is 0.571. The molecular weight excluding hydrogens is 326 g/mol. The zero-order valence-electron chi connectivity index (χ0n) is 16.3. The summed E-state index contributed by atoms with van der Waals surface area (Å²) < 4.78 is 5.40. The molecule has 5 heteroatoms. The maximum atomic E-state index is 11.0. The quantitative estimate of drug-likeness (QED) is 0.828. The SMILES string of the molecule is COc1cc(NC[C@@](C)(O)CN2CC[C@H](C)C[C@@H]2C)c2ncccc2c1. The molecule has 2 aromatic rings. The molecule has 5 nitrogen and oxygen atoms in total. The molecule has 26 heavy (non-hydrogen) atoms. The molecule has 0 aliphatic carbocycles. The lowest BCUT2D eigenvalue weighted by Gasteiger charge is -2.40. The number of benzene rings is 1. The van der Waals surface area contributed by atoms with Crippen molar-refractivity contribution in [1.82, 2.24) is 9.88 Å². The third kappa shape index (κ3) is 4.46. The zero-order chi connectivity index (χ0) is 18.7. The summed E-state index contributed by atoms with van der Waals surface area (Å²) in [5, 5.41) is 15.4. The number of piperidine rings is 1. The Labute approximate surface area is 156 Å². The minimum atomic E-state index is -0.820. The number of likely N-dealkylation sites (tertiary alicyclic amines) is 1. The van der Waals surface area contributed by atoms with Gasteiger partial charge in [0.2, 0.25) is 0 Å². The zero-order valence-corrected chi connectivity index (χ0v) is 16.3. The number of hydrogen-bond acceptors (Lipinski definition) is 5.